The van der Waals surface area contributed by atoms with Crippen molar-refractivity contribution in [2.75, 3.05) is 25.0 Å². The van der Waals surface area contributed by atoms with Crippen molar-refractivity contribution in [1.29, 1.82) is 0 Å². The number of hydrogen-bond acceptors (Lipinski definition) is 5. The van der Waals surface area contributed by atoms with Crippen LogP contribution in [-0.4, -0.2) is 62.2 Å². The van der Waals surface area contributed by atoms with E-state index in [9.17, 15) is 22.8 Å². The van der Waals surface area contributed by atoms with Gasteiger partial charge in [-0.25, -0.2) is 14.5 Å². The lowest BCUT2D eigenvalue weighted by atomic mass is 10.1. The number of anilines is 1. The molecule has 0 radical (unpaired) electrons. The molecule has 2 aromatic carbocycles. The summed E-state index contributed by atoms with van der Waals surface area (Å²) in [6.45, 7) is 4.48. The molecule has 1 aliphatic rings. The number of alkyl halides is 3. The fourth-order valence-corrected chi connectivity index (χ4v) is 5.45. The molecule has 4 aromatic rings. The number of rotatable bonds is 4. The number of urea groups is 1. The number of carbonyl (C=O) groups is 2. The van der Waals surface area contributed by atoms with Crippen LogP contribution in [0.3, 0.4) is 0 Å². The van der Waals surface area contributed by atoms with E-state index in [0.29, 0.717) is 34.5 Å². The average Bonchev–Trinajstić information content (AvgIpc) is 3.55. The molecule has 0 bridgehead atoms. The number of carbonyl (C=O) groups excluding carboxylic acids is 2. The van der Waals surface area contributed by atoms with Crippen molar-refractivity contribution < 1.29 is 22.8 Å². The number of thiazole rings is 1. The molecule has 0 aliphatic carbocycles. The molecule has 1 atom stereocenters. The molecule has 3 amide bonds. The summed E-state index contributed by atoms with van der Waals surface area (Å²) in [6.07, 6.45) is -2.93. The van der Waals surface area contributed by atoms with Gasteiger partial charge in [-0.1, -0.05) is 23.7 Å². The Hall–Kier alpha value is -3.90. The van der Waals surface area contributed by atoms with Crippen molar-refractivity contribution in [1.82, 2.24) is 24.6 Å². The summed E-state index contributed by atoms with van der Waals surface area (Å²) in [7, 11) is 0. The highest BCUT2D eigenvalue weighted by molar-refractivity contribution is 7.12. The van der Waals surface area contributed by atoms with E-state index >= 15 is 0 Å². The van der Waals surface area contributed by atoms with E-state index in [1.54, 1.807) is 33.5 Å². The van der Waals surface area contributed by atoms with Gasteiger partial charge in [-0.15, -0.1) is 11.3 Å². The molecule has 0 saturated carbocycles. The lowest BCUT2D eigenvalue weighted by molar-refractivity contribution is -0.137. The molecule has 1 aliphatic heterocycles. The van der Waals surface area contributed by atoms with E-state index in [4.69, 9.17) is 11.6 Å². The molecule has 0 spiro atoms. The standard InChI is InChI=1S/C27H24ClF3N6O2S/c1-16-14-35(11-12-36(16)25(39)33-21-9-5-19(6-10-21)27(29,30)31)24(38)22-13-32-37(17(22)2)26-34-23(15-40-26)18-3-7-20(28)8-4-18/h3-10,13,15-16H,11-12,14H2,1-2H3,(H,33,39). The maximum atomic E-state index is 13.4. The van der Waals surface area contributed by atoms with Gasteiger partial charge in [-0.05, 0) is 50.2 Å². The number of hydrogen-bond donors (Lipinski definition) is 1. The molecule has 40 heavy (non-hydrogen) atoms. The first-order valence-electron chi connectivity index (χ1n) is 12.3. The summed E-state index contributed by atoms with van der Waals surface area (Å²) in [5.74, 6) is -0.201. The van der Waals surface area contributed by atoms with Crippen LogP contribution >= 0.6 is 22.9 Å². The summed E-state index contributed by atoms with van der Waals surface area (Å²) in [6, 6.07) is 10.9. The Bertz CT molecular complexity index is 1540. The van der Waals surface area contributed by atoms with Gasteiger partial charge in [0.1, 0.15) is 0 Å². The van der Waals surface area contributed by atoms with Crippen LogP contribution in [0, 0.1) is 6.92 Å². The van der Waals surface area contributed by atoms with Gasteiger partial charge in [0.2, 0.25) is 5.13 Å². The van der Waals surface area contributed by atoms with Gasteiger partial charge in [0.05, 0.1) is 28.7 Å². The Labute approximate surface area is 237 Å². The fraction of sp³-hybridized carbons (Fsp3) is 0.259. The van der Waals surface area contributed by atoms with E-state index in [2.05, 4.69) is 15.4 Å². The van der Waals surface area contributed by atoms with Crippen LogP contribution in [0.25, 0.3) is 16.4 Å². The molecule has 1 fully saturated rings. The highest BCUT2D eigenvalue weighted by Gasteiger charge is 2.33. The molecule has 1 saturated heterocycles. The SMILES string of the molecule is Cc1c(C(=O)N2CCN(C(=O)Nc3ccc(C(F)(F)F)cc3)C(C)C2)cnn1-c1nc(-c2ccc(Cl)cc2)cs1. The number of nitrogens with one attached hydrogen (secondary N) is 1. The summed E-state index contributed by atoms with van der Waals surface area (Å²) < 4.78 is 40.0. The highest BCUT2D eigenvalue weighted by Crippen LogP contribution is 2.30. The third kappa shape index (κ3) is 5.68. The minimum absolute atomic E-state index is 0.201. The van der Waals surface area contributed by atoms with Crippen molar-refractivity contribution in [2.45, 2.75) is 26.1 Å². The Morgan fingerprint density at radius 1 is 1.07 bits per heavy atom. The van der Waals surface area contributed by atoms with Crippen molar-refractivity contribution in [2.24, 2.45) is 0 Å². The van der Waals surface area contributed by atoms with Gasteiger partial charge >= 0.3 is 12.2 Å². The molecule has 1 N–H and O–H groups in total. The number of nitrogens with zero attached hydrogens (tertiary/aromatic N) is 5. The Morgan fingerprint density at radius 2 is 1.77 bits per heavy atom. The number of aromatic nitrogens is 3. The van der Waals surface area contributed by atoms with Crippen LogP contribution in [0.5, 0.6) is 0 Å². The normalized spacial score (nSPS) is 15.8. The monoisotopic (exact) mass is 588 g/mol. The van der Waals surface area contributed by atoms with Crippen molar-refractivity contribution in [3.63, 3.8) is 0 Å². The third-order valence-corrected chi connectivity index (χ3v) is 7.76. The van der Waals surface area contributed by atoms with Gasteiger partial charge < -0.3 is 15.1 Å². The summed E-state index contributed by atoms with van der Waals surface area (Å²) in [4.78, 5) is 34.1. The van der Waals surface area contributed by atoms with Crippen LogP contribution in [0.2, 0.25) is 5.02 Å². The van der Waals surface area contributed by atoms with E-state index in [0.717, 1.165) is 23.4 Å². The van der Waals surface area contributed by atoms with Gasteiger partial charge in [-0.3, -0.25) is 4.79 Å². The van der Waals surface area contributed by atoms with E-state index in [1.165, 1.54) is 29.7 Å². The molecule has 5 rings (SSSR count). The van der Waals surface area contributed by atoms with Crippen LogP contribution < -0.4 is 5.32 Å². The first kappa shape index (κ1) is 27.7. The quantitative estimate of drug-likeness (QED) is 0.301. The van der Waals surface area contributed by atoms with Crippen molar-refractivity contribution >= 4 is 40.6 Å². The first-order chi connectivity index (χ1) is 19.0. The second kappa shape index (κ2) is 10.9. The summed E-state index contributed by atoms with van der Waals surface area (Å²) >= 11 is 7.39. The minimum Gasteiger partial charge on any atom is -0.335 e. The third-order valence-electron chi connectivity index (χ3n) is 6.69. The number of piperazine rings is 1. The predicted octanol–water partition coefficient (Wildman–Crippen LogP) is 6.35. The maximum Gasteiger partial charge on any atom is 0.416 e. The smallest absolute Gasteiger partial charge is 0.335 e. The topological polar surface area (TPSA) is 83.4 Å². The fourth-order valence-electron chi connectivity index (χ4n) is 4.48. The van der Waals surface area contributed by atoms with E-state index in [-0.39, 0.29) is 24.2 Å². The molecular formula is C27H24ClF3N6O2S. The maximum absolute atomic E-state index is 13.4. The Morgan fingerprint density at radius 3 is 2.42 bits per heavy atom. The number of benzene rings is 2. The lowest BCUT2D eigenvalue weighted by Gasteiger charge is -2.39. The lowest BCUT2D eigenvalue weighted by Crippen LogP contribution is -2.56. The van der Waals surface area contributed by atoms with Crippen LogP contribution in [0.15, 0.2) is 60.1 Å². The van der Waals surface area contributed by atoms with Gasteiger partial charge in [0, 0.05) is 47.3 Å². The van der Waals surface area contributed by atoms with Crippen molar-refractivity contribution in [3.8, 4) is 16.4 Å². The molecule has 8 nitrogen and oxygen atoms in total. The zero-order valence-electron chi connectivity index (χ0n) is 21.4. The van der Waals surface area contributed by atoms with Gasteiger partial charge in [-0.2, -0.15) is 18.3 Å². The molecule has 2 aromatic heterocycles. The van der Waals surface area contributed by atoms with Crippen LogP contribution in [0.1, 0.15) is 28.5 Å². The number of halogens is 4. The van der Waals surface area contributed by atoms with Gasteiger partial charge in [0.25, 0.3) is 5.91 Å². The molecule has 1 unspecified atom stereocenters. The molecular weight excluding hydrogens is 565 g/mol. The molecule has 3 heterocycles. The van der Waals surface area contributed by atoms with Crippen molar-refractivity contribution in [3.05, 3.63) is 82.0 Å². The van der Waals surface area contributed by atoms with E-state index in [1.807, 2.05) is 24.4 Å². The zero-order valence-corrected chi connectivity index (χ0v) is 23.0. The Balaban J connectivity index is 1.22. The van der Waals surface area contributed by atoms with Crippen LogP contribution in [-0.2, 0) is 6.18 Å². The van der Waals surface area contributed by atoms with Crippen LogP contribution in [0.4, 0.5) is 23.7 Å². The summed E-state index contributed by atoms with van der Waals surface area (Å²) in [5, 5.41) is 10.2. The average molecular weight is 589 g/mol. The van der Waals surface area contributed by atoms with Gasteiger partial charge in [0.15, 0.2) is 0 Å². The Kier molecular flexibility index (Phi) is 7.56. The summed E-state index contributed by atoms with van der Waals surface area (Å²) in [5.41, 5.74) is 2.26. The zero-order chi connectivity index (χ0) is 28.6. The first-order valence-corrected chi connectivity index (χ1v) is 13.6. The predicted molar refractivity (Wildman–Crippen MR) is 147 cm³/mol. The van der Waals surface area contributed by atoms with E-state index < -0.39 is 17.8 Å². The minimum atomic E-state index is -4.45. The molecule has 13 heteroatoms. The molecule has 208 valence electrons. The number of amides is 3. The highest BCUT2D eigenvalue weighted by atomic mass is 35.5. The largest absolute Gasteiger partial charge is 0.416 e. The second-order valence-electron chi connectivity index (χ2n) is 9.38. The second-order valence-corrected chi connectivity index (χ2v) is 10.6.